The van der Waals surface area contributed by atoms with Crippen LogP contribution in [-0.2, 0) is 4.79 Å². The van der Waals surface area contributed by atoms with Gasteiger partial charge < -0.3 is 15.2 Å². The van der Waals surface area contributed by atoms with E-state index in [2.05, 4.69) is 15.3 Å². The number of aliphatic carboxylic acids is 1. The fraction of sp³-hybridized carbons (Fsp3) is 0.615. The van der Waals surface area contributed by atoms with Crippen LogP contribution in [0.25, 0.3) is 0 Å². The summed E-state index contributed by atoms with van der Waals surface area (Å²) in [4.78, 5) is 19.3. The minimum atomic E-state index is -0.717. The molecule has 1 aliphatic carbocycles. The maximum absolute atomic E-state index is 10.9. The molecule has 0 aromatic carbocycles. The van der Waals surface area contributed by atoms with Gasteiger partial charge in [-0.15, -0.1) is 0 Å². The molecule has 1 heterocycles. The molecule has 6 nitrogen and oxygen atoms in total. The van der Waals surface area contributed by atoms with Crippen molar-refractivity contribution in [1.29, 1.82) is 0 Å². The number of nitrogens with zero attached hydrogens (tertiary/aromatic N) is 2. The molecule has 19 heavy (non-hydrogen) atoms. The highest BCUT2D eigenvalue weighted by molar-refractivity contribution is 5.70. The molecule has 2 atom stereocenters. The molecule has 0 aliphatic heterocycles. The van der Waals surface area contributed by atoms with Crippen molar-refractivity contribution >= 4 is 11.9 Å². The molecule has 1 aromatic heterocycles. The van der Waals surface area contributed by atoms with Crippen LogP contribution in [-0.4, -0.2) is 33.7 Å². The first-order chi connectivity index (χ1) is 9.19. The molecule has 1 aromatic rings. The van der Waals surface area contributed by atoms with Gasteiger partial charge in [-0.2, -0.15) is 4.98 Å². The molecule has 1 fully saturated rings. The summed E-state index contributed by atoms with van der Waals surface area (Å²) >= 11 is 0. The van der Waals surface area contributed by atoms with E-state index < -0.39 is 5.97 Å². The average Bonchev–Trinajstić information content (AvgIpc) is 2.85. The smallest absolute Gasteiger partial charge is 0.306 e. The Labute approximate surface area is 112 Å². The number of hydrogen-bond acceptors (Lipinski definition) is 5. The van der Waals surface area contributed by atoms with Gasteiger partial charge in [0, 0.05) is 18.3 Å². The molecule has 104 valence electrons. The monoisotopic (exact) mass is 265 g/mol. The maximum atomic E-state index is 10.9. The first-order valence-electron chi connectivity index (χ1n) is 6.64. The highest BCUT2D eigenvalue weighted by Gasteiger charge is 2.29. The molecule has 2 unspecified atom stereocenters. The first-order valence-corrected chi connectivity index (χ1v) is 6.64. The van der Waals surface area contributed by atoms with E-state index in [1.165, 1.54) is 0 Å². The Morgan fingerprint density at radius 3 is 3.11 bits per heavy atom. The molecule has 0 spiro atoms. The van der Waals surface area contributed by atoms with Gasteiger partial charge in [0.15, 0.2) is 0 Å². The third-order valence-electron chi connectivity index (χ3n) is 3.20. The Bertz CT molecular complexity index is 439. The zero-order valence-electron chi connectivity index (χ0n) is 11.0. The molecule has 6 heteroatoms. The van der Waals surface area contributed by atoms with Gasteiger partial charge in [-0.05, 0) is 25.7 Å². The minimum absolute atomic E-state index is 0.127. The van der Waals surface area contributed by atoms with Crippen LogP contribution in [0.2, 0.25) is 0 Å². The van der Waals surface area contributed by atoms with Crippen molar-refractivity contribution < 1.29 is 14.6 Å². The number of aromatic nitrogens is 2. The van der Waals surface area contributed by atoms with Crippen LogP contribution in [0.3, 0.4) is 0 Å². The SMILES string of the molecule is CCCOc1ccnc(NC2CCC(C(=O)O)C2)n1. The Hall–Kier alpha value is -1.85. The molecular formula is C13H19N3O3. The second-order valence-corrected chi connectivity index (χ2v) is 4.76. The second-order valence-electron chi connectivity index (χ2n) is 4.76. The van der Waals surface area contributed by atoms with E-state index in [4.69, 9.17) is 9.84 Å². The van der Waals surface area contributed by atoms with Crippen LogP contribution in [0.5, 0.6) is 5.88 Å². The summed E-state index contributed by atoms with van der Waals surface area (Å²) in [6.45, 7) is 2.66. The summed E-state index contributed by atoms with van der Waals surface area (Å²) in [5, 5.41) is 12.1. The maximum Gasteiger partial charge on any atom is 0.306 e. The van der Waals surface area contributed by atoms with Crippen molar-refractivity contribution in [2.45, 2.75) is 38.6 Å². The van der Waals surface area contributed by atoms with Gasteiger partial charge in [-0.1, -0.05) is 6.92 Å². The van der Waals surface area contributed by atoms with Crippen LogP contribution in [0.15, 0.2) is 12.3 Å². The van der Waals surface area contributed by atoms with Gasteiger partial charge in [-0.25, -0.2) is 4.98 Å². The van der Waals surface area contributed by atoms with Gasteiger partial charge in [0.25, 0.3) is 0 Å². The number of nitrogens with one attached hydrogen (secondary N) is 1. The second kappa shape index (κ2) is 6.36. The average molecular weight is 265 g/mol. The van der Waals surface area contributed by atoms with E-state index in [-0.39, 0.29) is 12.0 Å². The Morgan fingerprint density at radius 2 is 2.42 bits per heavy atom. The Kier molecular flexibility index (Phi) is 4.54. The molecule has 0 amide bonds. The van der Waals surface area contributed by atoms with Crippen molar-refractivity contribution in [3.63, 3.8) is 0 Å². The Morgan fingerprint density at radius 1 is 1.58 bits per heavy atom. The lowest BCUT2D eigenvalue weighted by atomic mass is 10.1. The van der Waals surface area contributed by atoms with E-state index in [1.807, 2.05) is 6.92 Å². The lowest BCUT2D eigenvalue weighted by molar-refractivity contribution is -0.141. The topological polar surface area (TPSA) is 84.3 Å². The van der Waals surface area contributed by atoms with Gasteiger partial charge in [0.05, 0.1) is 12.5 Å². The van der Waals surface area contributed by atoms with E-state index in [1.54, 1.807) is 12.3 Å². The molecule has 1 aliphatic rings. The predicted molar refractivity (Wildman–Crippen MR) is 70.2 cm³/mol. The summed E-state index contributed by atoms with van der Waals surface area (Å²) < 4.78 is 5.43. The third-order valence-corrected chi connectivity index (χ3v) is 3.20. The molecule has 2 N–H and O–H groups in total. The fourth-order valence-corrected chi connectivity index (χ4v) is 2.22. The zero-order chi connectivity index (χ0) is 13.7. The molecule has 0 bridgehead atoms. The number of carbonyl (C=O) groups is 1. The molecular weight excluding hydrogens is 246 g/mol. The fourth-order valence-electron chi connectivity index (χ4n) is 2.22. The molecule has 0 saturated heterocycles. The highest BCUT2D eigenvalue weighted by Crippen LogP contribution is 2.27. The van der Waals surface area contributed by atoms with E-state index in [0.29, 0.717) is 31.3 Å². The minimum Gasteiger partial charge on any atom is -0.481 e. The number of carboxylic acids is 1. The van der Waals surface area contributed by atoms with Crippen LogP contribution in [0, 0.1) is 5.92 Å². The number of ether oxygens (including phenoxy) is 1. The van der Waals surface area contributed by atoms with E-state index in [0.717, 1.165) is 12.8 Å². The number of hydrogen-bond donors (Lipinski definition) is 2. The van der Waals surface area contributed by atoms with Gasteiger partial charge in [-0.3, -0.25) is 4.79 Å². The quantitative estimate of drug-likeness (QED) is 0.817. The first kappa shape index (κ1) is 13.6. The third kappa shape index (κ3) is 3.81. The van der Waals surface area contributed by atoms with Crippen LogP contribution >= 0.6 is 0 Å². The Balaban J connectivity index is 1.90. The lowest BCUT2D eigenvalue weighted by Gasteiger charge is -2.12. The van der Waals surface area contributed by atoms with Gasteiger partial charge in [0.1, 0.15) is 0 Å². The number of anilines is 1. The predicted octanol–water partition coefficient (Wildman–Crippen LogP) is 1.93. The summed E-state index contributed by atoms with van der Waals surface area (Å²) in [5.41, 5.74) is 0. The molecule has 0 radical (unpaired) electrons. The highest BCUT2D eigenvalue weighted by atomic mass is 16.5. The summed E-state index contributed by atoms with van der Waals surface area (Å²) in [6, 6.07) is 1.85. The van der Waals surface area contributed by atoms with Gasteiger partial charge in [0.2, 0.25) is 11.8 Å². The summed E-state index contributed by atoms with van der Waals surface area (Å²) in [7, 11) is 0. The molecule has 1 saturated carbocycles. The van der Waals surface area contributed by atoms with E-state index in [9.17, 15) is 4.79 Å². The normalized spacial score (nSPS) is 22.2. The number of rotatable bonds is 6. The molecule has 2 rings (SSSR count). The van der Waals surface area contributed by atoms with Crippen molar-refractivity contribution in [2.24, 2.45) is 5.92 Å². The van der Waals surface area contributed by atoms with Crippen LogP contribution < -0.4 is 10.1 Å². The van der Waals surface area contributed by atoms with Crippen molar-refractivity contribution in [3.8, 4) is 5.88 Å². The van der Waals surface area contributed by atoms with Crippen molar-refractivity contribution in [2.75, 3.05) is 11.9 Å². The summed E-state index contributed by atoms with van der Waals surface area (Å²) in [6.07, 6.45) is 4.73. The van der Waals surface area contributed by atoms with Crippen LogP contribution in [0.1, 0.15) is 32.6 Å². The van der Waals surface area contributed by atoms with Gasteiger partial charge >= 0.3 is 5.97 Å². The number of carboxylic acid groups (broad SMARTS) is 1. The van der Waals surface area contributed by atoms with Crippen molar-refractivity contribution in [3.05, 3.63) is 12.3 Å². The lowest BCUT2D eigenvalue weighted by Crippen LogP contribution is -2.19. The van der Waals surface area contributed by atoms with E-state index >= 15 is 0 Å². The largest absolute Gasteiger partial charge is 0.481 e. The summed E-state index contributed by atoms with van der Waals surface area (Å²) in [5.74, 6) is 0.0824. The standard InChI is InChI=1S/C13H19N3O3/c1-2-7-19-11-5-6-14-13(16-11)15-10-4-3-9(8-10)12(17)18/h5-6,9-10H,2-4,7-8H2,1H3,(H,17,18)(H,14,15,16). The van der Waals surface area contributed by atoms with Crippen molar-refractivity contribution in [1.82, 2.24) is 9.97 Å². The van der Waals surface area contributed by atoms with Crippen LogP contribution in [0.4, 0.5) is 5.95 Å². The zero-order valence-corrected chi connectivity index (χ0v) is 11.0.